The zero-order valence-electron chi connectivity index (χ0n) is 10.7. The minimum Gasteiger partial charge on any atom is -0.282 e. The van der Waals surface area contributed by atoms with Crippen molar-refractivity contribution in [3.05, 3.63) is 34.7 Å². The van der Waals surface area contributed by atoms with E-state index in [1.54, 1.807) is 19.9 Å². The number of rotatable bonds is 3. The number of H-pyrrole nitrogens is 1. The van der Waals surface area contributed by atoms with Crippen molar-refractivity contribution in [1.82, 2.24) is 25.4 Å². The van der Waals surface area contributed by atoms with Gasteiger partial charge in [0.15, 0.2) is 5.69 Å². The minimum atomic E-state index is -0.508. The number of hydrazone groups is 1. The molecule has 0 aliphatic carbocycles. The van der Waals surface area contributed by atoms with E-state index in [1.165, 1.54) is 13.3 Å². The van der Waals surface area contributed by atoms with Gasteiger partial charge in [0.05, 0.1) is 17.5 Å². The molecule has 8 heteroatoms. The molecule has 19 heavy (non-hydrogen) atoms. The maximum absolute atomic E-state index is 13.6. The fourth-order valence-corrected chi connectivity index (χ4v) is 1.54. The summed E-state index contributed by atoms with van der Waals surface area (Å²) in [6, 6.07) is 1.58. The van der Waals surface area contributed by atoms with Crippen LogP contribution in [0.3, 0.4) is 0 Å². The monoisotopic (exact) mass is 264 g/mol. The van der Waals surface area contributed by atoms with Crippen molar-refractivity contribution < 1.29 is 9.18 Å². The van der Waals surface area contributed by atoms with E-state index in [2.05, 4.69) is 25.8 Å². The molecule has 0 saturated carbocycles. The summed E-state index contributed by atoms with van der Waals surface area (Å²) >= 11 is 0. The number of halogens is 1. The molecule has 0 aliphatic rings. The van der Waals surface area contributed by atoms with E-state index in [0.717, 1.165) is 10.4 Å². The second-order valence-electron chi connectivity index (χ2n) is 4.05. The molecule has 2 aromatic rings. The highest BCUT2D eigenvalue weighted by Crippen LogP contribution is 2.07. The molecule has 7 nitrogen and oxygen atoms in total. The molecule has 2 aromatic heterocycles. The maximum Gasteiger partial charge on any atom is 0.291 e. The molecule has 0 radical (unpaired) electrons. The van der Waals surface area contributed by atoms with E-state index < -0.39 is 11.9 Å². The van der Waals surface area contributed by atoms with Crippen molar-refractivity contribution in [2.24, 2.45) is 12.1 Å². The van der Waals surface area contributed by atoms with E-state index >= 15 is 0 Å². The van der Waals surface area contributed by atoms with Crippen molar-refractivity contribution in [3.63, 3.8) is 0 Å². The lowest BCUT2D eigenvalue weighted by molar-refractivity contribution is 0.0950. The van der Waals surface area contributed by atoms with Crippen molar-refractivity contribution in [1.29, 1.82) is 0 Å². The number of nitrogens with one attached hydrogen (secondary N) is 2. The van der Waals surface area contributed by atoms with Crippen molar-refractivity contribution in [3.8, 4) is 0 Å². The van der Waals surface area contributed by atoms with Gasteiger partial charge in [-0.2, -0.15) is 19.7 Å². The summed E-state index contributed by atoms with van der Waals surface area (Å²) in [5.41, 5.74) is 3.99. The Morgan fingerprint density at radius 3 is 2.84 bits per heavy atom. The first-order valence-corrected chi connectivity index (χ1v) is 5.53. The van der Waals surface area contributed by atoms with Gasteiger partial charge in [-0.3, -0.25) is 9.89 Å². The van der Waals surface area contributed by atoms with E-state index in [9.17, 15) is 9.18 Å². The number of aromatic nitrogens is 4. The summed E-state index contributed by atoms with van der Waals surface area (Å²) in [7, 11) is 1.49. The van der Waals surface area contributed by atoms with Crippen molar-refractivity contribution >= 4 is 12.1 Å². The van der Waals surface area contributed by atoms with E-state index in [0.29, 0.717) is 5.69 Å². The van der Waals surface area contributed by atoms with Gasteiger partial charge in [0.2, 0.25) is 5.95 Å². The molecule has 1 amide bonds. The third-order valence-corrected chi connectivity index (χ3v) is 2.49. The predicted octanol–water partition coefficient (Wildman–Crippen LogP) is 0.663. The van der Waals surface area contributed by atoms with Gasteiger partial charge in [0.1, 0.15) is 0 Å². The predicted molar refractivity (Wildman–Crippen MR) is 66.3 cm³/mol. The van der Waals surface area contributed by atoms with Gasteiger partial charge in [0.25, 0.3) is 5.91 Å². The average Bonchev–Trinajstić information content (AvgIpc) is 2.88. The summed E-state index contributed by atoms with van der Waals surface area (Å²) in [4.78, 5) is 11.6. The first-order chi connectivity index (χ1) is 8.99. The fourth-order valence-electron chi connectivity index (χ4n) is 1.54. The molecule has 2 heterocycles. The third-order valence-electron chi connectivity index (χ3n) is 2.49. The lowest BCUT2D eigenvalue weighted by Crippen LogP contribution is -2.18. The second kappa shape index (κ2) is 5.01. The quantitative estimate of drug-likeness (QED) is 0.630. The smallest absolute Gasteiger partial charge is 0.282 e. The Bertz CT molecular complexity index is 642. The maximum atomic E-state index is 13.6. The summed E-state index contributed by atoms with van der Waals surface area (Å²) in [5, 5.41) is 14.0. The Labute approximate surface area is 108 Å². The largest absolute Gasteiger partial charge is 0.291 e. The highest BCUT2D eigenvalue weighted by Gasteiger charge is 2.11. The van der Waals surface area contributed by atoms with E-state index in [1.807, 2.05) is 0 Å². The molecule has 0 fully saturated rings. The SMILES string of the molecule is Cc1cc(C(=O)N/N=C/c2c(C)nn(C)c2F)n[nH]1. The molecule has 2 rings (SSSR count). The first kappa shape index (κ1) is 12.9. The van der Waals surface area contributed by atoms with Crippen LogP contribution in [0, 0.1) is 19.8 Å². The molecule has 0 bridgehead atoms. The third kappa shape index (κ3) is 2.67. The molecule has 2 N–H and O–H groups in total. The molecule has 0 spiro atoms. The molecule has 0 aromatic carbocycles. The Hall–Kier alpha value is -2.51. The zero-order chi connectivity index (χ0) is 14.0. The number of aryl methyl sites for hydroxylation is 3. The molecule has 0 aliphatic heterocycles. The van der Waals surface area contributed by atoms with Gasteiger partial charge in [-0.05, 0) is 19.9 Å². The number of nitrogens with zero attached hydrogens (tertiary/aromatic N) is 4. The van der Waals surface area contributed by atoms with Crippen LogP contribution < -0.4 is 5.43 Å². The fraction of sp³-hybridized carbons (Fsp3) is 0.273. The van der Waals surface area contributed by atoms with Crippen LogP contribution in [0.5, 0.6) is 0 Å². The molecule has 0 atom stereocenters. The van der Waals surface area contributed by atoms with Crippen LogP contribution in [-0.4, -0.2) is 32.1 Å². The van der Waals surface area contributed by atoms with E-state index in [4.69, 9.17) is 0 Å². The number of amides is 1. The lowest BCUT2D eigenvalue weighted by Gasteiger charge is -1.94. The normalized spacial score (nSPS) is 11.2. The average molecular weight is 264 g/mol. The van der Waals surface area contributed by atoms with Crippen LogP contribution in [0.1, 0.15) is 27.4 Å². The molecule has 100 valence electrons. The van der Waals surface area contributed by atoms with Crippen LogP contribution >= 0.6 is 0 Å². The van der Waals surface area contributed by atoms with Gasteiger partial charge >= 0.3 is 0 Å². The summed E-state index contributed by atoms with van der Waals surface area (Å²) in [6.07, 6.45) is 1.22. The summed E-state index contributed by atoms with van der Waals surface area (Å²) in [6.45, 7) is 3.44. The van der Waals surface area contributed by atoms with Gasteiger partial charge in [0, 0.05) is 12.7 Å². The van der Waals surface area contributed by atoms with Gasteiger partial charge < -0.3 is 0 Å². The zero-order valence-corrected chi connectivity index (χ0v) is 10.7. The van der Waals surface area contributed by atoms with Crippen LogP contribution in [0.4, 0.5) is 4.39 Å². The van der Waals surface area contributed by atoms with E-state index in [-0.39, 0.29) is 11.3 Å². The van der Waals surface area contributed by atoms with Crippen LogP contribution in [-0.2, 0) is 7.05 Å². The number of aromatic amines is 1. The molecular weight excluding hydrogens is 251 g/mol. The second-order valence-corrected chi connectivity index (χ2v) is 4.05. The van der Waals surface area contributed by atoms with Crippen LogP contribution in [0.2, 0.25) is 0 Å². The summed E-state index contributed by atoms with van der Waals surface area (Å²) in [5.74, 6) is -0.978. The van der Waals surface area contributed by atoms with Crippen molar-refractivity contribution in [2.45, 2.75) is 13.8 Å². The number of carbonyl (C=O) groups is 1. The van der Waals surface area contributed by atoms with Gasteiger partial charge in [-0.25, -0.2) is 10.1 Å². The number of hydrogen-bond acceptors (Lipinski definition) is 4. The summed E-state index contributed by atoms with van der Waals surface area (Å²) < 4.78 is 14.7. The highest BCUT2D eigenvalue weighted by molar-refractivity contribution is 5.93. The first-order valence-electron chi connectivity index (χ1n) is 5.53. The van der Waals surface area contributed by atoms with Crippen molar-refractivity contribution in [2.75, 3.05) is 0 Å². The van der Waals surface area contributed by atoms with Crippen LogP contribution in [0.15, 0.2) is 11.2 Å². The Morgan fingerprint density at radius 1 is 1.58 bits per heavy atom. The standard InChI is InChI=1S/C11H13FN6O/c1-6-4-9(15-14-6)11(19)16-13-5-8-7(2)17-18(3)10(8)12/h4-5H,1-3H3,(H,14,15)(H,16,19)/b13-5+. The van der Waals surface area contributed by atoms with Gasteiger partial charge in [-0.1, -0.05) is 0 Å². The van der Waals surface area contributed by atoms with Gasteiger partial charge in [-0.15, -0.1) is 0 Å². The number of carbonyl (C=O) groups excluding carboxylic acids is 1. The Balaban J connectivity index is 2.06. The lowest BCUT2D eigenvalue weighted by atomic mass is 10.3. The van der Waals surface area contributed by atoms with Crippen LogP contribution in [0.25, 0.3) is 0 Å². The number of hydrogen-bond donors (Lipinski definition) is 2. The molecule has 0 saturated heterocycles. The molecule has 0 unspecified atom stereocenters. The molecular formula is C11H13FN6O. The Kier molecular flexibility index (Phi) is 3.41. The minimum absolute atomic E-state index is 0.220. The highest BCUT2D eigenvalue weighted by atomic mass is 19.1. The topological polar surface area (TPSA) is 88.0 Å². The Morgan fingerprint density at radius 2 is 2.32 bits per heavy atom.